The number of rotatable bonds is 8. The number of hydrogen-bond donors (Lipinski definition) is 1. The molecule has 1 N–H and O–H groups in total. The van der Waals surface area contributed by atoms with E-state index in [1.807, 2.05) is 48.7 Å². The van der Waals surface area contributed by atoms with E-state index in [2.05, 4.69) is 22.0 Å². The van der Waals surface area contributed by atoms with Gasteiger partial charge in [-0.2, -0.15) is 4.98 Å². The van der Waals surface area contributed by atoms with E-state index in [-0.39, 0.29) is 18.5 Å². The highest BCUT2D eigenvalue weighted by atomic mass is 32.1. The van der Waals surface area contributed by atoms with Crippen molar-refractivity contribution in [3.05, 3.63) is 72.1 Å². The van der Waals surface area contributed by atoms with Crippen molar-refractivity contribution in [3.8, 4) is 22.8 Å². The summed E-state index contributed by atoms with van der Waals surface area (Å²) in [5.41, 5.74) is 3.15. The maximum absolute atomic E-state index is 12.3. The maximum Gasteiger partial charge on any atom is 0.264 e. The average Bonchev–Trinajstić information content (AvgIpc) is 3.32. The van der Waals surface area contributed by atoms with E-state index < -0.39 is 0 Å². The highest BCUT2D eigenvalue weighted by Gasteiger charge is 2.14. The fraction of sp³-hybridized carbons (Fsp3) is 0.136. The summed E-state index contributed by atoms with van der Waals surface area (Å²) in [5, 5.41) is 9.09. The number of hydrogen-bond acceptors (Lipinski definition) is 6. The smallest absolute Gasteiger partial charge is 0.264 e. The second-order valence-electron chi connectivity index (χ2n) is 6.50. The van der Waals surface area contributed by atoms with Gasteiger partial charge >= 0.3 is 0 Å². The number of benzene rings is 2. The summed E-state index contributed by atoms with van der Waals surface area (Å²) < 4.78 is 12.9. The third-order valence-electron chi connectivity index (χ3n) is 4.24. The van der Waals surface area contributed by atoms with Gasteiger partial charge in [-0.3, -0.25) is 10.1 Å². The molecule has 4 rings (SSSR count). The van der Waals surface area contributed by atoms with Crippen LogP contribution < -0.4 is 14.8 Å². The number of aryl methyl sites for hydroxylation is 1. The van der Waals surface area contributed by atoms with Crippen LogP contribution in [0.25, 0.3) is 16.2 Å². The Hall–Kier alpha value is -3.65. The largest absolute Gasteiger partial charge is 0.486 e. The number of carbonyl (C=O) groups excluding carboxylic acids is 1. The molecule has 2 aromatic carbocycles. The monoisotopic (exact) mass is 420 g/mol. The summed E-state index contributed by atoms with van der Waals surface area (Å²) in [6.07, 6.45) is 1.64. The Morgan fingerprint density at radius 1 is 1.17 bits per heavy atom. The Balaban J connectivity index is 1.43. The molecular formula is C22H20N4O3S. The Bertz CT molecular complexity index is 1180. The van der Waals surface area contributed by atoms with Gasteiger partial charge in [0, 0.05) is 10.9 Å². The van der Waals surface area contributed by atoms with Gasteiger partial charge in [-0.1, -0.05) is 54.6 Å². The van der Waals surface area contributed by atoms with Crippen LogP contribution in [0.4, 0.5) is 5.95 Å². The molecule has 0 bridgehead atoms. The van der Waals surface area contributed by atoms with Gasteiger partial charge in [0.1, 0.15) is 6.61 Å². The number of ether oxygens (including phenoxy) is 2. The molecule has 0 spiro atoms. The molecular weight excluding hydrogens is 400 g/mol. The number of para-hydroxylation sites is 2. The lowest BCUT2D eigenvalue weighted by Gasteiger charge is -2.11. The Morgan fingerprint density at radius 3 is 2.63 bits per heavy atom. The second-order valence-corrected chi connectivity index (χ2v) is 7.34. The van der Waals surface area contributed by atoms with E-state index in [0.29, 0.717) is 23.1 Å². The minimum Gasteiger partial charge on any atom is -0.486 e. The van der Waals surface area contributed by atoms with Crippen LogP contribution >= 0.6 is 11.3 Å². The van der Waals surface area contributed by atoms with Gasteiger partial charge in [0.2, 0.25) is 4.96 Å². The summed E-state index contributed by atoms with van der Waals surface area (Å²) in [6, 6.07) is 15.3. The first-order valence-electron chi connectivity index (χ1n) is 9.31. The molecule has 30 heavy (non-hydrogen) atoms. The maximum atomic E-state index is 12.3. The zero-order valence-corrected chi connectivity index (χ0v) is 17.2. The van der Waals surface area contributed by atoms with Crippen molar-refractivity contribution in [2.45, 2.75) is 6.92 Å². The lowest BCUT2D eigenvalue weighted by Crippen LogP contribution is -2.21. The Kier molecular flexibility index (Phi) is 5.76. The van der Waals surface area contributed by atoms with E-state index in [1.165, 1.54) is 16.9 Å². The molecule has 0 atom stereocenters. The van der Waals surface area contributed by atoms with E-state index >= 15 is 0 Å². The van der Waals surface area contributed by atoms with Crippen LogP contribution in [0.3, 0.4) is 0 Å². The lowest BCUT2D eigenvalue weighted by atomic mass is 10.1. The zero-order chi connectivity index (χ0) is 20.9. The number of nitrogens with one attached hydrogen (secondary N) is 1. The van der Waals surface area contributed by atoms with Gasteiger partial charge in [-0.05, 0) is 19.1 Å². The fourth-order valence-electron chi connectivity index (χ4n) is 2.80. The van der Waals surface area contributed by atoms with Crippen molar-refractivity contribution < 1.29 is 14.3 Å². The molecule has 7 nitrogen and oxygen atoms in total. The fourth-order valence-corrected chi connectivity index (χ4v) is 3.63. The van der Waals surface area contributed by atoms with Gasteiger partial charge in [0.05, 0.1) is 5.69 Å². The molecule has 1 amide bonds. The first-order chi connectivity index (χ1) is 14.6. The van der Waals surface area contributed by atoms with Crippen molar-refractivity contribution in [2.75, 3.05) is 18.5 Å². The number of thiazole rings is 1. The van der Waals surface area contributed by atoms with Gasteiger partial charge in [0.15, 0.2) is 18.1 Å². The van der Waals surface area contributed by atoms with Crippen LogP contribution in [0.15, 0.2) is 66.6 Å². The first kappa shape index (κ1) is 19.7. The van der Waals surface area contributed by atoms with Crippen LogP contribution in [-0.2, 0) is 4.79 Å². The quantitative estimate of drug-likeness (QED) is 0.429. The molecule has 0 radical (unpaired) electrons. The van der Waals surface area contributed by atoms with Crippen LogP contribution in [-0.4, -0.2) is 33.7 Å². The molecule has 2 aromatic heterocycles. The predicted octanol–water partition coefficient (Wildman–Crippen LogP) is 4.35. The topological polar surface area (TPSA) is 77.8 Å². The minimum atomic E-state index is -0.358. The van der Waals surface area contributed by atoms with Crippen molar-refractivity contribution in [3.63, 3.8) is 0 Å². The van der Waals surface area contributed by atoms with Crippen LogP contribution in [0.2, 0.25) is 0 Å². The molecule has 0 saturated heterocycles. The summed E-state index contributed by atoms with van der Waals surface area (Å²) >= 11 is 1.46. The number of nitrogens with zero attached hydrogens (tertiary/aromatic N) is 3. The Morgan fingerprint density at radius 2 is 1.90 bits per heavy atom. The minimum absolute atomic E-state index is 0.188. The van der Waals surface area contributed by atoms with Crippen LogP contribution in [0, 0.1) is 6.92 Å². The van der Waals surface area contributed by atoms with Crippen molar-refractivity contribution >= 4 is 28.2 Å². The number of carbonyl (C=O) groups is 1. The number of fused-ring (bicyclic) bond motifs is 1. The summed E-state index contributed by atoms with van der Waals surface area (Å²) in [6.45, 7) is 5.83. The Labute approximate surface area is 177 Å². The van der Waals surface area contributed by atoms with Crippen LogP contribution in [0.1, 0.15) is 5.56 Å². The number of anilines is 1. The molecule has 8 heteroatoms. The molecule has 0 unspecified atom stereocenters. The van der Waals surface area contributed by atoms with Crippen LogP contribution in [0.5, 0.6) is 11.5 Å². The standard InChI is InChI=1S/C22H20N4O3S/c1-3-12-28-18-6-4-5-7-19(18)29-13-20(27)23-21-24-22-26(25-21)17(14-30-22)16-10-8-15(2)9-11-16/h3-11,14H,1,12-13H2,2H3,(H,23,25,27). The lowest BCUT2D eigenvalue weighted by molar-refractivity contribution is -0.118. The van der Waals surface area contributed by atoms with E-state index in [1.54, 1.807) is 22.7 Å². The average molecular weight is 420 g/mol. The van der Waals surface area contributed by atoms with E-state index in [9.17, 15) is 4.79 Å². The summed E-state index contributed by atoms with van der Waals surface area (Å²) in [5.74, 6) is 0.909. The highest BCUT2D eigenvalue weighted by Crippen LogP contribution is 2.27. The second kappa shape index (κ2) is 8.79. The van der Waals surface area contributed by atoms with Gasteiger partial charge in [-0.25, -0.2) is 4.52 Å². The summed E-state index contributed by atoms with van der Waals surface area (Å²) in [4.78, 5) is 17.4. The number of amides is 1. The first-order valence-corrected chi connectivity index (χ1v) is 10.2. The molecule has 0 saturated carbocycles. The molecule has 0 aliphatic heterocycles. The van der Waals surface area contributed by atoms with E-state index in [0.717, 1.165) is 11.3 Å². The molecule has 0 aliphatic rings. The van der Waals surface area contributed by atoms with Crippen molar-refractivity contribution in [2.24, 2.45) is 0 Å². The van der Waals surface area contributed by atoms with Gasteiger partial charge < -0.3 is 9.47 Å². The summed E-state index contributed by atoms with van der Waals surface area (Å²) in [7, 11) is 0. The number of aromatic nitrogens is 3. The van der Waals surface area contributed by atoms with Crippen molar-refractivity contribution in [1.82, 2.24) is 14.6 Å². The third kappa shape index (κ3) is 4.33. The predicted molar refractivity (Wildman–Crippen MR) is 117 cm³/mol. The zero-order valence-electron chi connectivity index (χ0n) is 16.4. The van der Waals surface area contributed by atoms with E-state index in [4.69, 9.17) is 9.47 Å². The molecule has 4 aromatic rings. The normalized spacial score (nSPS) is 10.7. The molecule has 0 aliphatic carbocycles. The van der Waals surface area contributed by atoms with Gasteiger partial charge in [0.25, 0.3) is 11.9 Å². The molecule has 0 fully saturated rings. The SMILES string of the molecule is C=CCOc1ccccc1OCC(=O)Nc1nc2scc(-c3ccc(C)cc3)n2n1. The van der Waals surface area contributed by atoms with Gasteiger partial charge in [-0.15, -0.1) is 16.4 Å². The molecule has 2 heterocycles. The molecule has 152 valence electrons. The van der Waals surface area contributed by atoms with Crippen molar-refractivity contribution in [1.29, 1.82) is 0 Å². The third-order valence-corrected chi connectivity index (χ3v) is 5.06. The highest BCUT2D eigenvalue weighted by molar-refractivity contribution is 7.15.